The van der Waals surface area contributed by atoms with Crippen molar-refractivity contribution in [1.29, 1.82) is 0 Å². The zero-order chi connectivity index (χ0) is 12.3. The van der Waals surface area contributed by atoms with Crippen molar-refractivity contribution >= 4 is 21.6 Å². The van der Waals surface area contributed by atoms with Gasteiger partial charge in [0.2, 0.25) is 0 Å². The number of hydrogen-bond donors (Lipinski definition) is 1. The maximum atomic E-state index is 12.9. The summed E-state index contributed by atoms with van der Waals surface area (Å²) in [5, 5.41) is 0. The molecule has 0 atom stereocenters. The normalized spacial score (nSPS) is 10.2. The van der Waals surface area contributed by atoms with Crippen molar-refractivity contribution < 1.29 is 9.13 Å². The zero-order valence-electron chi connectivity index (χ0n) is 8.99. The average Bonchev–Trinajstić information content (AvgIpc) is 2.28. The highest BCUT2D eigenvalue weighted by atomic mass is 79.9. The quantitative estimate of drug-likeness (QED) is 0.875. The monoisotopic (exact) mass is 295 g/mol. The van der Waals surface area contributed by atoms with Crippen LogP contribution in [0.3, 0.4) is 0 Å². The highest BCUT2D eigenvalue weighted by molar-refractivity contribution is 9.10. The third-order valence-corrected chi connectivity index (χ3v) is 2.79. The topological polar surface area (TPSA) is 35.2 Å². The van der Waals surface area contributed by atoms with Gasteiger partial charge in [0.1, 0.15) is 18.2 Å². The van der Waals surface area contributed by atoms with Gasteiger partial charge < -0.3 is 10.5 Å². The number of halogens is 2. The zero-order valence-corrected chi connectivity index (χ0v) is 10.6. The van der Waals surface area contributed by atoms with Crippen LogP contribution in [0.25, 0.3) is 0 Å². The summed E-state index contributed by atoms with van der Waals surface area (Å²) in [7, 11) is 0. The van der Waals surface area contributed by atoms with Crippen LogP contribution in [0, 0.1) is 5.82 Å². The molecule has 17 heavy (non-hydrogen) atoms. The van der Waals surface area contributed by atoms with E-state index in [1.807, 2.05) is 18.2 Å². The van der Waals surface area contributed by atoms with E-state index in [2.05, 4.69) is 15.9 Å². The van der Waals surface area contributed by atoms with Gasteiger partial charge in [-0.2, -0.15) is 0 Å². The van der Waals surface area contributed by atoms with Crippen molar-refractivity contribution in [3.05, 3.63) is 58.3 Å². The van der Waals surface area contributed by atoms with Gasteiger partial charge in [0.15, 0.2) is 0 Å². The fraction of sp³-hybridized carbons (Fsp3) is 0.0769. The summed E-state index contributed by atoms with van der Waals surface area (Å²) >= 11 is 3.33. The van der Waals surface area contributed by atoms with Gasteiger partial charge >= 0.3 is 0 Å². The van der Waals surface area contributed by atoms with Crippen LogP contribution in [-0.4, -0.2) is 0 Å². The molecule has 0 heterocycles. The number of hydrogen-bond acceptors (Lipinski definition) is 2. The minimum atomic E-state index is -0.314. The molecule has 2 aromatic carbocycles. The van der Waals surface area contributed by atoms with Crippen molar-refractivity contribution in [3.63, 3.8) is 0 Å². The molecule has 4 heteroatoms. The number of anilines is 1. The van der Waals surface area contributed by atoms with E-state index in [-0.39, 0.29) is 5.82 Å². The summed E-state index contributed by atoms with van der Waals surface area (Å²) in [6.45, 7) is 0.322. The molecular formula is C13H11BrFNO. The first-order valence-electron chi connectivity index (χ1n) is 5.07. The van der Waals surface area contributed by atoms with Crippen LogP contribution in [0.2, 0.25) is 0 Å². The lowest BCUT2D eigenvalue weighted by Crippen LogP contribution is -2.00. The highest BCUT2D eigenvalue weighted by Crippen LogP contribution is 2.20. The van der Waals surface area contributed by atoms with Gasteiger partial charge in [-0.05, 0) is 24.3 Å². The number of ether oxygens (including phenoxy) is 1. The molecular weight excluding hydrogens is 285 g/mol. The maximum absolute atomic E-state index is 12.9. The van der Waals surface area contributed by atoms with Crippen LogP contribution >= 0.6 is 15.9 Å². The molecule has 0 fully saturated rings. The Morgan fingerprint density at radius 3 is 2.71 bits per heavy atom. The summed E-state index contributed by atoms with van der Waals surface area (Å²) in [4.78, 5) is 0. The van der Waals surface area contributed by atoms with Crippen LogP contribution in [-0.2, 0) is 6.61 Å². The molecule has 2 N–H and O–H groups in total. The van der Waals surface area contributed by atoms with Gasteiger partial charge in [-0.25, -0.2) is 4.39 Å². The van der Waals surface area contributed by atoms with Crippen molar-refractivity contribution in [2.24, 2.45) is 0 Å². The number of benzene rings is 2. The largest absolute Gasteiger partial charge is 0.489 e. The van der Waals surface area contributed by atoms with E-state index in [9.17, 15) is 4.39 Å². The second-order valence-corrected chi connectivity index (χ2v) is 4.50. The van der Waals surface area contributed by atoms with Gasteiger partial charge in [-0.15, -0.1) is 0 Å². The molecule has 88 valence electrons. The first kappa shape index (κ1) is 11.9. The average molecular weight is 296 g/mol. The second kappa shape index (κ2) is 5.19. The van der Waals surface area contributed by atoms with Gasteiger partial charge in [-0.3, -0.25) is 0 Å². The van der Waals surface area contributed by atoms with Crippen LogP contribution in [0.5, 0.6) is 5.75 Å². The Bertz CT molecular complexity index is 531. The molecule has 0 spiro atoms. The van der Waals surface area contributed by atoms with Crippen molar-refractivity contribution in [3.8, 4) is 5.75 Å². The Kier molecular flexibility index (Phi) is 3.64. The molecule has 0 amide bonds. The molecule has 0 radical (unpaired) electrons. The van der Waals surface area contributed by atoms with Crippen molar-refractivity contribution in [2.75, 3.05) is 5.73 Å². The number of rotatable bonds is 3. The fourth-order valence-corrected chi connectivity index (χ4v) is 1.79. The highest BCUT2D eigenvalue weighted by Gasteiger charge is 2.02. The summed E-state index contributed by atoms with van der Waals surface area (Å²) in [6.07, 6.45) is 0. The van der Waals surface area contributed by atoms with Gasteiger partial charge in [0.25, 0.3) is 0 Å². The predicted octanol–water partition coefficient (Wildman–Crippen LogP) is 3.75. The van der Waals surface area contributed by atoms with E-state index in [4.69, 9.17) is 10.5 Å². The Labute approximate surface area is 107 Å². The van der Waals surface area contributed by atoms with E-state index in [0.29, 0.717) is 18.0 Å². The smallest absolute Gasteiger partial charge is 0.126 e. The summed E-state index contributed by atoms with van der Waals surface area (Å²) < 4.78 is 19.3. The van der Waals surface area contributed by atoms with Crippen LogP contribution in [0.15, 0.2) is 46.9 Å². The summed E-state index contributed by atoms with van der Waals surface area (Å²) in [6, 6.07) is 11.6. The van der Waals surface area contributed by atoms with Crippen LogP contribution in [0.4, 0.5) is 10.1 Å². The first-order valence-corrected chi connectivity index (χ1v) is 5.87. The van der Waals surface area contributed by atoms with Crippen molar-refractivity contribution in [1.82, 2.24) is 0 Å². The Morgan fingerprint density at radius 2 is 2.00 bits per heavy atom. The molecule has 0 aliphatic rings. The lowest BCUT2D eigenvalue weighted by Gasteiger charge is -2.08. The van der Waals surface area contributed by atoms with Crippen LogP contribution in [0.1, 0.15) is 5.56 Å². The number of nitrogen functional groups attached to an aromatic ring is 1. The van der Waals surface area contributed by atoms with Gasteiger partial charge in [0, 0.05) is 21.8 Å². The molecule has 2 rings (SSSR count). The van der Waals surface area contributed by atoms with Crippen molar-refractivity contribution in [2.45, 2.75) is 6.61 Å². The van der Waals surface area contributed by atoms with Gasteiger partial charge in [-0.1, -0.05) is 28.1 Å². The minimum absolute atomic E-state index is 0.314. The molecule has 0 bridgehead atoms. The van der Waals surface area contributed by atoms with Gasteiger partial charge in [0.05, 0.1) is 0 Å². The molecule has 0 unspecified atom stereocenters. The third-order valence-electron chi connectivity index (χ3n) is 2.30. The van der Waals surface area contributed by atoms with Crippen LogP contribution < -0.4 is 10.5 Å². The molecule has 2 nitrogen and oxygen atoms in total. The predicted molar refractivity (Wildman–Crippen MR) is 69.3 cm³/mol. The summed E-state index contributed by atoms with van der Waals surface area (Å²) in [5.74, 6) is 0.179. The third kappa shape index (κ3) is 3.20. The van der Waals surface area contributed by atoms with E-state index >= 15 is 0 Å². The van der Waals surface area contributed by atoms with E-state index in [1.165, 1.54) is 12.1 Å². The molecule has 2 aromatic rings. The molecule has 0 saturated heterocycles. The first-order chi connectivity index (χ1) is 8.15. The lowest BCUT2D eigenvalue weighted by molar-refractivity contribution is 0.305. The van der Waals surface area contributed by atoms with E-state index < -0.39 is 0 Å². The fourth-order valence-electron chi connectivity index (χ4n) is 1.42. The Balaban J connectivity index is 2.07. The standard InChI is InChI=1S/C13H11BrFNO/c14-10-5-4-9(13(16)6-10)8-17-12-3-1-2-11(15)7-12/h1-7H,8,16H2. The molecule has 0 aliphatic carbocycles. The Hall–Kier alpha value is -1.55. The molecule has 0 aliphatic heterocycles. The maximum Gasteiger partial charge on any atom is 0.126 e. The van der Waals surface area contributed by atoms with E-state index in [0.717, 1.165) is 10.0 Å². The number of nitrogens with two attached hydrogens (primary N) is 1. The minimum Gasteiger partial charge on any atom is -0.489 e. The second-order valence-electron chi connectivity index (χ2n) is 3.59. The molecule has 0 saturated carbocycles. The van der Waals surface area contributed by atoms with E-state index in [1.54, 1.807) is 12.1 Å². The molecule has 0 aromatic heterocycles. The SMILES string of the molecule is Nc1cc(Br)ccc1COc1cccc(F)c1. The lowest BCUT2D eigenvalue weighted by atomic mass is 10.2. The Morgan fingerprint density at radius 1 is 1.18 bits per heavy atom. The summed E-state index contributed by atoms with van der Waals surface area (Å²) in [5.41, 5.74) is 7.35.